The zero-order valence-corrected chi connectivity index (χ0v) is 14.3. The van der Waals surface area contributed by atoms with Crippen LogP contribution < -0.4 is 10.1 Å². The van der Waals surface area contributed by atoms with Gasteiger partial charge in [0.15, 0.2) is 0 Å². The predicted molar refractivity (Wildman–Crippen MR) is 89.3 cm³/mol. The van der Waals surface area contributed by atoms with Crippen molar-refractivity contribution >= 4 is 27.3 Å². The lowest BCUT2D eigenvalue weighted by atomic mass is 10.2. The lowest BCUT2D eigenvalue weighted by molar-refractivity contribution is 0.309. The Labute approximate surface area is 133 Å². The fraction of sp³-hybridized carbons (Fsp3) is 0.375. The van der Waals surface area contributed by atoms with Crippen LogP contribution in [0.15, 0.2) is 40.2 Å². The minimum atomic E-state index is 0.624. The summed E-state index contributed by atoms with van der Waals surface area (Å²) in [4.78, 5) is 1.22. The number of halogens is 1. The van der Waals surface area contributed by atoms with Gasteiger partial charge in [-0.25, -0.2) is 0 Å². The van der Waals surface area contributed by atoms with Crippen molar-refractivity contribution in [2.45, 2.75) is 27.0 Å². The van der Waals surface area contributed by atoms with Crippen molar-refractivity contribution in [1.29, 1.82) is 0 Å². The van der Waals surface area contributed by atoms with E-state index in [4.69, 9.17) is 4.74 Å². The minimum Gasteiger partial charge on any atom is -0.488 e. The highest BCUT2D eigenvalue weighted by Gasteiger charge is 2.01. The van der Waals surface area contributed by atoms with E-state index in [9.17, 15) is 0 Å². The molecule has 1 aromatic carbocycles. The molecule has 0 aliphatic rings. The summed E-state index contributed by atoms with van der Waals surface area (Å²) in [5, 5.41) is 3.45. The molecule has 0 atom stereocenters. The topological polar surface area (TPSA) is 21.3 Å². The Kier molecular flexibility index (Phi) is 6.07. The second-order valence-corrected chi connectivity index (χ2v) is 7.71. The van der Waals surface area contributed by atoms with E-state index in [2.05, 4.69) is 59.4 Å². The summed E-state index contributed by atoms with van der Waals surface area (Å²) in [6, 6.07) is 12.4. The van der Waals surface area contributed by atoms with Crippen LogP contribution in [0.5, 0.6) is 5.75 Å². The van der Waals surface area contributed by atoms with Crippen molar-refractivity contribution < 1.29 is 4.74 Å². The van der Waals surface area contributed by atoms with E-state index in [1.54, 1.807) is 11.3 Å². The second-order valence-electron chi connectivity index (χ2n) is 5.17. The van der Waals surface area contributed by atoms with Gasteiger partial charge in [-0.3, -0.25) is 0 Å². The number of rotatable bonds is 7. The lowest BCUT2D eigenvalue weighted by Crippen LogP contribution is -2.18. The molecule has 0 aliphatic heterocycles. The molecule has 0 spiro atoms. The summed E-state index contributed by atoms with van der Waals surface area (Å²) in [7, 11) is 0. The first-order valence-corrected chi connectivity index (χ1v) is 8.41. The molecule has 0 aliphatic carbocycles. The monoisotopic (exact) mass is 353 g/mol. The van der Waals surface area contributed by atoms with E-state index < -0.39 is 0 Å². The summed E-state index contributed by atoms with van der Waals surface area (Å²) in [6.45, 7) is 6.98. The van der Waals surface area contributed by atoms with Gasteiger partial charge in [-0.2, -0.15) is 0 Å². The second kappa shape index (κ2) is 7.81. The molecule has 4 heteroatoms. The van der Waals surface area contributed by atoms with Gasteiger partial charge in [-0.15, -0.1) is 11.3 Å². The molecule has 0 saturated heterocycles. The highest BCUT2D eigenvalue weighted by molar-refractivity contribution is 9.11. The predicted octanol–water partition coefficient (Wildman–Crippen LogP) is 4.84. The maximum Gasteiger partial charge on any atom is 0.122 e. The van der Waals surface area contributed by atoms with Crippen molar-refractivity contribution in [3.05, 3.63) is 50.6 Å². The largest absolute Gasteiger partial charge is 0.488 e. The molecule has 20 heavy (non-hydrogen) atoms. The van der Waals surface area contributed by atoms with Gasteiger partial charge in [-0.05, 0) is 58.2 Å². The van der Waals surface area contributed by atoms with Gasteiger partial charge in [0, 0.05) is 11.4 Å². The van der Waals surface area contributed by atoms with E-state index in [1.807, 2.05) is 12.1 Å². The number of hydrogen-bond acceptors (Lipinski definition) is 3. The number of thiophene rings is 1. The van der Waals surface area contributed by atoms with Crippen LogP contribution in [0.3, 0.4) is 0 Å². The van der Waals surface area contributed by atoms with Crippen LogP contribution in [0.4, 0.5) is 0 Å². The highest BCUT2D eigenvalue weighted by Crippen LogP contribution is 2.23. The van der Waals surface area contributed by atoms with Crippen LogP contribution in [0.2, 0.25) is 0 Å². The normalized spacial score (nSPS) is 11.0. The van der Waals surface area contributed by atoms with E-state index >= 15 is 0 Å². The first kappa shape index (κ1) is 15.5. The van der Waals surface area contributed by atoms with Gasteiger partial charge >= 0.3 is 0 Å². The molecule has 2 rings (SSSR count). The third kappa shape index (κ3) is 5.27. The Morgan fingerprint density at radius 1 is 1.25 bits per heavy atom. The van der Waals surface area contributed by atoms with E-state index in [0.29, 0.717) is 12.5 Å². The maximum absolute atomic E-state index is 5.84. The van der Waals surface area contributed by atoms with Crippen LogP contribution in [0, 0.1) is 5.92 Å². The van der Waals surface area contributed by atoms with Crippen molar-refractivity contribution in [3.8, 4) is 5.75 Å². The van der Waals surface area contributed by atoms with Crippen molar-refractivity contribution in [3.63, 3.8) is 0 Å². The smallest absolute Gasteiger partial charge is 0.122 e. The Bertz CT molecular complexity index is 539. The zero-order valence-electron chi connectivity index (χ0n) is 11.9. The maximum atomic E-state index is 5.84. The van der Waals surface area contributed by atoms with Crippen LogP contribution in [-0.2, 0) is 13.2 Å². The first-order chi connectivity index (χ1) is 9.63. The number of ether oxygens (including phenoxy) is 1. The molecule has 2 nitrogen and oxygen atoms in total. The van der Waals surface area contributed by atoms with Crippen LogP contribution >= 0.6 is 27.3 Å². The van der Waals surface area contributed by atoms with Gasteiger partial charge in [0.1, 0.15) is 12.4 Å². The van der Waals surface area contributed by atoms with Gasteiger partial charge < -0.3 is 10.1 Å². The van der Waals surface area contributed by atoms with Gasteiger partial charge in [0.25, 0.3) is 0 Å². The quantitative estimate of drug-likeness (QED) is 0.769. The fourth-order valence-corrected chi connectivity index (χ4v) is 3.23. The summed E-state index contributed by atoms with van der Waals surface area (Å²) >= 11 is 5.17. The Hall–Kier alpha value is -0.840. The summed E-state index contributed by atoms with van der Waals surface area (Å²) in [6.07, 6.45) is 0. The Morgan fingerprint density at radius 2 is 2.10 bits per heavy atom. The summed E-state index contributed by atoms with van der Waals surface area (Å²) < 4.78 is 6.98. The molecule has 0 bridgehead atoms. The Balaban J connectivity index is 1.85. The molecule has 1 heterocycles. The first-order valence-electron chi connectivity index (χ1n) is 6.80. The third-order valence-corrected chi connectivity index (χ3v) is 4.39. The third-order valence-electron chi connectivity index (χ3n) is 2.79. The van der Waals surface area contributed by atoms with Crippen LogP contribution in [-0.4, -0.2) is 6.54 Å². The summed E-state index contributed by atoms with van der Waals surface area (Å²) in [5.74, 6) is 1.60. The van der Waals surface area contributed by atoms with Crippen molar-refractivity contribution in [2.75, 3.05) is 6.54 Å². The number of nitrogens with one attached hydrogen (secondary N) is 1. The molecule has 2 aromatic rings. The van der Waals surface area contributed by atoms with E-state index in [-0.39, 0.29) is 0 Å². The highest BCUT2D eigenvalue weighted by atomic mass is 79.9. The standard InChI is InChI=1S/C16H20BrNOS/c1-12(2)9-18-10-13-4-3-5-14(8-13)19-11-15-6-7-16(17)20-15/h3-8,12,18H,9-11H2,1-2H3. The molecule has 108 valence electrons. The average Bonchev–Trinajstić information content (AvgIpc) is 2.82. The van der Waals surface area contributed by atoms with Crippen LogP contribution in [0.25, 0.3) is 0 Å². The zero-order chi connectivity index (χ0) is 14.4. The van der Waals surface area contributed by atoms with Crippen molar-refractivity contribution in [1.82, 2.24) is 5.32 Å². The number of hydrogen-bond donors (Lipinski definition) is 1. The van der Waals surface area contributed by atoms with E-state index in [1.165, 1.54) is 10.4 Å². The molecule has 0 saturated carbocycles. The lowest BCUT2D eigenvalue weighted by Gasteiger charge is -2.09. The molecule has 1 N–H and O–H groups in total. The SMILES string of the molecule is CC(C)CNCc1cccc(OCc2ccc(Br)s2)c1. The van der Waals surface area contributed by atoms with Gasteiger partial charge in [-0.1, -0.05) is 26.0 Å². The fourth-order valence-electron chi connectivity index (χ4n) is 1.83. The van der Waals surface area contributed by atoms with Crippen molar-refractivity contribution in [2.24, 2.45) is 5.92 Å². The van der Waals surface area contributed by atoms with Gasteiger partial charge in [0.2, 0.25) is 0 Å². The number of benzene rings is 1. The molecule has 0 radical (unpaired) electrons. The Morgan fingerprint density at radius 3 is 2.80 bits per heavy atom. The average molecular weight is 354 g/mol. The van der Waals surface area contributed by atoms with Crippen LogP contribution in [0.1, 0.15) is 24.3 Å². The summed E-state index contributed by atoms with van der Waals surface area (Å²) in [5.41, 5.74) is 1.26. The molecular weight excluding hydrogens is 334 g/mol. The minimum absolute atomic E-state index is 0.624. The van der Waals surface area contributed by atoms with E-state index in [0.717, 1.165) is 22.6 Å². The molecular formula is C16H20BrNOS. The van der Waals surface area contributed by atoms with Gasteiger partial charge in [0.05, 0.1) is 3.79 Å². The molecule has 0 amide bonds. The molecule has 1 aromatic heterocycles. The molecule has 0 fully saturated rings. The molecule has 0 unspecified atom stereocenters.